The minimum atomic E-state index is 0.444. The van der Waals surface area contributed by atoms with Crippen molar-refractivity contribution in [1.82, 2.24) is 4.98 Å². The minimum absolute atomic E-state index is 0.444. The molecule has 7 heteroatoms. The van der Waals surface area contributed by atoms with E-state index < -0.39 is 0 Å². The molecule has 0 aliphatic carbocycles. The highest BCUT2D eigenvalue weighted by Gasteiger charge is 2.12. The SMILES string of the molecule is Nc1c(Oc2cc(Cl)c(Br)cc2Cl)ccc2scnc12. The third-order valence-corrected chi connectivity index (χ3v) is 4.98. The van der Waals surface area contributed by atoms with Crippen LogP contribution < -0.4 is 10.5 Å². The van der Waals surface area contributed by atoms with Crippen molar-refractivity contribution in [2.75, 3.05) is 5.73 Å². The molecular formula is C13H7BrCl2N2OS. The van der Waals surface area contributed by atoms with E-state index in [4.69, 9.17) is 33.7 Å². The first-order valence-electron chi connectivity index (χ1n) is 5.50. The lowest BCUT2D eigenvalue weighted by Crippen LogP contribution is -1.94. The van der Waals surface area contributed by atoms with Crippen LogP contribution in [-0.2, 0) is 0 Å². The molecule has 2 N–H and O–H groups in total. The van der Waals surface area contributed by atoms with Crippen molar-refractivity contribution in [3.8, 4) is 11.5 Å². The molecule has 0 saturated heterocycles. The Hall–Kier alpha value is -1.01. The van der Waals surface area contributed by atoms with Gasteiger partial charge in [-0.1, -0.05) is 23.2 Å². The van der Waals surface area contributed by atoms with Crippen LogP contribution in [0.25, 0.3) is 10.2 Å². The van der Waals surface area contributed by atoms with Crippen molar-refractivity contribution >= 4 is 66.4 Å². The van der Waals surface area contributed by atoms with Gasteiger partial charge in [-0.25, -0.2) is 4.98 Å². The van der Waals surface area contributed by atoms with Crippen LogP contribution in [-0.4, -0.2) is 4.98 Å². The molecule has 0 spiro atoms. The van der Waals surface area contributed by atoms with Gasteiger partial charge in [-0.3, -0.25) is 0 Å². The van der Waals surface area contributed by atoms with Crippen LogP contribution in [0.4, 0.5) is 5.69 Å². The Bertz CT molecular complexity index is 806. The summed E-state index contributed by atoms with van der Waals surface area (Å²) in [6.45, 7) is 0. The van der Waals surface area contributed by atoms with Crippen LogP contribution in [0.1, 0.15) is 0 Å². The van der Waals surface area contributed by atoms with E-state index in [1.807, 2.05) is 6.07 Å². The van der Waals surface area contributed by atoms with Gasteiger partial charge in [-0.05, 0) is 34.1 Å². The summed E-state index contributed by atoms with van der Waals surface area (Å²) in [5.41, 5.74) is 9.02. The molecule has 3 aromatic rings. The second-order valence-electron chi connectivity index (χ2n) is 3.98. The van der Waals surface area contributed by atoms with Gasteiger partial charge in [-0.15, -0.1) is 11.3 Å². The predicted octanol–water partition coefficient (Wildman–Crippen LogP) is 5.74. The zero-order chi connectivity index (χ0) is 14.3. The van der Waals surface area contributed by atoms with Gasteiger partial charge < -0.3 is 10.5 Å². The zero-order valence-corrected chi connectivity index (χ0v) is 13.8. The van der Waals surface area contributed by atoms with E-state index in [1.165, 1.54) is 11.3 Å². The number of ether oxygens (including phenoxy) is 1. The summed E-state index contributed by atoms with van der Waals surface area (Å²) in [5.74, 6) is 0.949. The second kappa shape index (κ2) is 5.41. The number of halogens is 3. The van der Waals surface area contributed by atoms with E-state index in [0.717, 1.165) is 10.2 Å². The maximum atomic E-state index is 6.13. The normalized spacial score (nSPS) is 10.9. The number of aromatic nitrogens is 1. The van der Waals surface area contributed by atoms with Crippen LogP contribution >= 0.6 is 50.5 Å². The molecule has 1 heterocycles. The smallest absolute Gasteiger partial charge is 0.152 e. The summed E-state index contributed by atoms with van der Waals surface area (Å²) < 4.78 is 7.47. The van der Waals surface area contributed by atoms with Gasteiger partial charge in [0.1, 0.15) is 17.0 Å². The highest BCUT2D eigenvalue weighted by atomic mass is 79.9. The van der Waals surface area contributed by atoms with E-state index in [0.29, 0.717) is 31.7 Å². The molecule has 0 bridgehead atoms. The Labute approximate surface area is 137 Å². The van der Waals surface area contributed by atoms with Gasteiger partial charge in [0, 0.05) is 10.5 Å². The fraction of sp³-hybridized carbons (Fsp3) is 0. The second-order valence-corrected chi connectivity index (χ2v) is 6.53. The summed E-state index contributed by atoms with van der Waals surface area (Å²) in [7, 11) is 0. The number of fused-ring (bicyclic) bond motifs is 1. The van der Waals surface area contributed by atoms with Crippen molar-refractivity contribution in [1.29, 1.82) is 0 Å². The molecule has 0 aliphatic heterocycles. The van der Waals surface area contributed by atoms with E-state index in [9.17, 15) is 0 Å². The lowest BCUT2D eigenvalue weighted by Gasteiger charge is -2.11. The van der Waals surface area contributed by atoms with Crippen LogP contribution in [0, 0.1) is 0 Å². The van der Waals surface area contributed by atoms with Crippen molar-refractivity contribution in [2.45, 2.75) is 0 Å². The summed E-state index contributed by atoms with van der Waals surface area (Å²) in [6, 6.07) is 7.02. The van der Waals surface area contributed by atoms with Gasteiger partial charge in [-0.2, -0.15) is 0 Å². The number of anilines is 1. The predicted molar refractivity (Wildman–Crippen MR) is 88.3 cm³/mol. The number of hydrogen-bond donors (Lipinski definition) is 1. The Morgan fingerprint density at radius 1 is 1.15 bits per heavy atom. The first-order valence-corrected chi connectivity index (χ1v) is 7.93. The maximum absolute atomic E-state index is 6.13. The maximum Gasteiger partial charge on any atom is 0.152 e. The molecule has 2 aromatic carbocycles. The number of nitrogen functional groups attached to an aromatic ring is 1. The average Bonchev–Trinajstić information content (AvgIpc) is 2.88. The number of thiazole rings is 1. The van der Waals surface area contributed by atoms with Crippen molar-refractivity contribution < 1.29 is 4.74 Å². The monoisotopic (exact) mass is 388 g/mol. The zero-order valence-electron chi connectivity index (χ0n) is 9.86. The van der Waals surface area contributed by atoms with Gasteiger partial charge in [0.25, 0.3) is 0 Å². The summed E-state index contributed by atoms with van der Waals surface area (Å²) in [4.78, 5) is 4.22. The van der Waals surface area contributed by atoms with Crippen LogP contribution in [0.15, 0.2) is 34.2 Å². The number of benzene rings is 2. The molecule has 0 fully saturated rings. The quantitative estimate of drug-likeness (QED) is 0.449. The molecule has 0 saturated carbocycles. The molecule has 1 aromatic heterocycles. The molecule has 0 radical (unpaired) electrons. The minimum Gasteiger partial charge on any atom is -0.453 e. The first-order chi connectivity index (χ1) is 9.56. The topological polar surface area (TPSA) is 48.1 Å². The Balaban J connectivity index is 2.05. The summed E-state index contributed by atoms with van der Waals surface area (Å²) in [6.07, 6.45) is 0. The lowest BCUT2D eigenvalue weighted by atomic mass is 10.2. The highest BCUT2D eigenvalue weighted by molar-refractivity contribution is 9.10. The molecule has 3 rings (SSSR count). The van der Waals surface area contributed by atoms with E-state index in [-0.39, 0.29) is 0 Å². The lowest BCUT2D eigenvalue weighted by molar-refractivity contribution is 0.486. The van der Waals surface area contributed by atoms with Crippen molar-refractivity contribution in [3.05, 3.63) is 44.3 Å². The first kappa shape index (κ1) is 13.9. The van der Waals surface area contributed by atoms with Crippen LogP contribution in [0.2, 0.25) is 10.0 Å². The number of hydrogen-bond acceptors (Lipinski definition) is 4. The van der Waals surface area contributed by atoms with E-state index >= 15 is 0 Å². The van der Waals surface area contributed by atoms with Gasteiger partial charge in [0.15, 0.2) is 5.75 Å². The third-order valence-electron chi connectivity index (χ3n) is 2.70. The molecule has 102 valence electrons. The molecule has 0 amide bonds. The Morgan fingerprint density at radius 2 is 1.95 bits per heavy atom. The number of rotatable bonds is 2. The number of nitrogens with zero attached hydrogens (tertiary/aromatic N) is 1. The number of nitrogens with two attached hydrogens (primary N) is 1. The molecule has 0 unspecified atom stereocenters. The highest BCUT2D eigenvalue weighted by Crippen LogP contribution is 2.39. The van der Waals surface area contributed by atoms with Crippen LogP contribution in [0.5, 0.6) is 11.5 Å². The molecule has 0 atom stereocenters. The van der Waals surface area contributed by atoms with Crippen molar-refractivity contribution in [2.24, 2.45) is 0 Å². The largest absolute Gasteiger partial charge is 0.453 e. The summed E-state index contributed by atoms with van der Waals surface area (Å²) >= 11 is 17.0. The van der Waals surface area contributed by atoms with E-state index in [2.05, 4.69) is 20.9 Å². The fourth-order valence-corrected chi connectivity index (χ4v) is 3.25. The Kier molecular flexibility index (Phi) is 3.77. The third kappa shape index (κ3) is 2.46. The molecule has 3 nitrogen and oxygen atoms in total. The standard InChI is InChI=1S/C13H7BrCl2N2OS/c14-6-3-8(16)10(4-7(6)15)19-9-1-2-11-13(12(9)17)18-5-20-11/h1-5H,17H2. The fourth-order valence-electron chi connectivity index (χ4n) is 1.72. The molecule has 20 heavy (non-hydrogen) atoms. The molecular weight excluding hydrogens is 383 g/mol. The van der Waals surface area contributed by atoms with Crippen LogP contribution in [0.3, 0.4) is 0 Å². The van der Waals surface area contributed by atoms with Gasteiger partial charge in [0.05, 0.1) is 20.3 Å². The Morgan fingerprint density at radius 3 is 2.75 bits per heavy atom. The van der Waals surface area contributed by atoms with E-state index in [1.54, 1.807) is 23.7 Å². The summed E-state index contributed by atoms with van der Waals surface area (Å²) in [5, 5.41) is 0.955. The van der Waals surface area contributed by atoms with Gasteiger partial charge in [0.2, 0.25) is 0 Å². The van der Waals surface area contributed by atoms with Gasteiger partial charge >= 0.3 is 0 Å². The molecule has 0 aliphatic rings. The van der Waals surface area contributed by atoms with Crippen molar-refractivity contribution in [3.63, 3.8) is 0 Å². The average molecular weight is 390 g/mol.